The highest BCUT2D eigenvalue weighted by Crippen LogP contribution is 2.45. The highest BCUT2D eigenvalue weighted by Gasteiger charge is 2.20. The summed E-state index contributed by atoms with van der Waals surface area (Å²) in [5, 5.41) is 6.99. The molecule has 0 fully saturated rings. The van der Waals surface area contributed by atoms with Gasteiger partial charge in [0.1, 0.15) is 11.2 Å². The average molecular weight is 664 g/mol. The quantitative estimate of drug-likeness (QED) is 0.176. The predicted molar refractivity (Wildman–Crippen MR) is 220 cm³/mol. The fourth-order valence-electron chi connectivity index (χ4n) is 7.73. The first-order valence-corrected chi connectivity index (χ1v) is 17.8. The smallest absolute Gasteiger partial charge is 0.143 e. The third-order valence-corrected chi connectivity index (χ3v) is 10.3. The van der Waals surface area contributed by atoms with E-state index in [1.54, 1.807) is 0 Å². The monoisotopic (exact) mass is 663 g/mol. The molecule has 0 amide bonds. The molecular weight excluding hydrogens is 631 g/mol. The molecule has 0 spiro atoms. The maximum absolute atomic E-state index is 6.64. The van der Waals surface area contributed by atoms with Crippen LogP contribution in [0.4, 0.5) is 17.1 Å². The number of fused-ring (bicyclic) bond motifs is 6. The second-order valence-corrected chi connectivity index (χ2v) is 13.3. The van der Waals surface area contributed by atoms with E-state index in [9.17, 15) is 0 Å². The van der Waals surface area contributed by atoms with Crippen molar-refractivity contribution in [3.05, 3.63) is 200 Å². The maximum atomic E-state index is 6.64. The molecule has 10 aromatic rings. The summed E-state index contributed by atoms with van der Waals surface area (Å²) in [6, 6.07) is 71.6. The Balaban J connectivity index is 1.12. The number of benzene rings is 9. The van der Waals surface area contributed by atoms with Crippen LogP contribution in [0.3, 0.4) is 0 Å². The van der Waals surface area contributed by atoms with Gasteiger partial charge in [-0.2, -0.15) is 0 Å². The van der Waals surface area contributed by atoms with E-state index in [1.165, 1.54) is 49.5 Å². The molecule has 0 aliphatic carbocycles. The van der Waals surface area contributed by atoms with E-state index >= 15 is 0 Å². The molecule has 0 atom stereocenters. The first-order chi connectivity index (χ1) is 25.8. The molecule has 0 N–H and O–H groups in total. The van der Waals surface area contributed by atoms with Gasteiger partial charge in [-0.3, -0.25) is 0 Å². The number of hydrogen-bond donors (Lipinski definition) is 0. The van der Waals surface area contributed by atoms with E-state index in [0.717, 1.165) is 44.4 Å². The summed E-state index contributed by atoms with van der Waals surface area (Å²) in [5.74, 6) is 0. The molecule has 244 valence electrons. The Morgan fingerprint density at radius 2 is 0.904 bits per heavy atom. The van der Waals surface area contributed by atoms with Crippen molar-refractivity contribution < 1.29 is 4.42 Å². The summed E-state index contributed by atoms with van der Waals surface area (Å²) >= 11 is 0. The third-order valence-electron chi connectivity index (χ3n) is 10.3. The number of anilines is 3. The largest absolute Gasteiger partial charge is 0.455 e. The highest BCUT2D eigenvalue weighted by atomic mass is 16.3. The Morgan fingerprint density at radius 3 is 1.65 bits per heavy atom. The van der Waals surface area contributed by atoms with Crippen molar-refractivity contribution in [3.63, 3.8) is 0 Å². The normalized spacial score (nSPS) is 11.5. The minimum atomic E-state index is 0.871. The van der Waals surface area contributed by atoms with Crippen LogP contribution in [0.5, 0.6) is 0 Å². The van der Waals surface area contributed by atoms with E-state index in [2.05, 4.69) is 205 Å². The Labute approximate surface area is 302 Å². The summed E-state index contributed by atoms with van der Waals surface area (Å²) in [6.45, 7) is 0. The van der Waals surface area contributed by atoms with Crippen molar-refractivity contribution >= 4 is 60.5 Å². The van der Waals surface area contributed by atoms with Gasteiger partial charge >= 0.3 is 0 Å². The molecule has 52 heavy (non-hydrogen) atoms. The fraction of sp³-hybridized carbons (Fsp3) is 0. The molecular formula is C50H33NO. The lowest BCUT2D eigenvalue weighted by Crippen LogP contribution is -2.10. The summed E-state index contributed by atoms with van der Waals surface area (Å²) in [7, 11) is 0. The van der Waals surface area contributed by atoms with Gasteiger partial charge in [-0.15, -0.1) is 0 Å². The van der Waals surface area contributed by atoms with Gasteiger partial charge in [0.05, 0.1) is 11.1 Å². The molecule has 0 unspecified atom stereocenters. The number of furan rings is 1. The predicted octanol–water partition coefficient (Wildman–Crippen LogP) is 14.4. The molecule has 0 saturated heterocycles. The lowest BCUT2D eigenvalue weighted by molar-refractivity contribution is 0.672. The van der Waals surface area contributed by atoms with Crippen molar-refractivity contribution in [2.45, 2.75) is 0 Å². The minimum absolute atomic E-state index is 0.871. The molecule has 0 aliphatic rings. The van der Waals surface area contributed by atoms with E-state index in [4.69, 9.17) is 4.42 Å². The number of hydrogen-bond acceptors (Lipinski definition) is 2. The van der Waals surface area contributed by atoms with Crippen molar-refractivity contribution in [2.24, 2.45) is 0 Å². The van der Waals surface area contributed by atoms with Gasteiger partial charge in [-0.05, 0) is 98.1 Å². The number of nitrogens with zero attached hydrogens (tertiary/aromatic N) is 1. The topological polar surface area (TPSA) is 16.4 Å². The van der Waals surface area contributed by atoms with Gasteiger partial charge in [-0.25, -0.2) is 0 Å². The fourth-order valence-corrected chi connectivity index (χ4v) is 7.73. The Bertz CT molecular complexity index is 2880. The lowest BCUT2D eigenvalue weighted by Gasteiger charge is -2.27. The third kappa shape index (κ3) is 5.12. The van der Waals surface area contributed by atoms with Gasteiger partial charge in [0, 0.05) is 22.1 Å². The van der Waals surface area contributed by atoms with Crippen LogP contribution in [0.25, 0.3) is 76.9 Å². The Hall–Kier alpha value is -6.90. The van der Waals surface area contributed by atoms with E-state index in [1.807, 2.05) is 0 Å². The highest BCUT2D eigenvalue weighted by molar-refractivity contribution is 6.19. The van der Waals surface area contributed by atoms with Crippen molar-refractivity contribution in [1.29, 1.82) is 0 Å². The standard InChI is InChI=1S/C50H33NO/c1-2-11-34(12-3-1)39-16-8-17-40(33-39)35-23-28-41(29-24-35)51(42-30-25-38(26-31-42)44-20-9-15-36-13-4-6-18-43(36)44)47-21-10-22-48-49(47)46-32-27-37-14-5-7-19-45(37)50(46)52-48/h1-33H. The first-order valence-electron chi connectivity index (χ1n) is 17.8. The van der Waals surface area contributed by atoms with Gasteiger partial charge in [0.25, 0.3) is 0 Å². The van der Waals surface area contributed by atoms with Crippen molar-refractivity contribution in [2.75, 3.05) is 4.90 Å². The minimum Gasteiger partial charge on any atom is -0.455 e. The Morgan fingerprint density at radius 1 is 0.346 bits per heavy atom. The zero-order valence-electron chi connectivity index (χ0n) is 28.4. The lowest BCUT2D eigenvalue weighted by atomic mass is 9.97. The van der Waals surface area contributed by atoms with E-state index in [-0.39, 0.29) is 0 Å². The molecule has 0 aliphatic heterocycles. The van der Waals surface area contributed by atoms with Gasteiger partial charge in [0.15, 0.2) is 0 Å². The molecule has 0 saturated carbocycles. The molecule has 9 aromatic carbocycles. The number of rotatable bonds is 6. The molecule has 0 radical (unpaired) electrons. The second-order valence-electron chi connectivity index (χ2n) is 13.3. The van der Waals surface area contributed by atoms with E-state index in [0.29, 0.717) is 0 Å². The second kappa shape index (κ2) is 12.5. The molecule has 2 heteroatoms. The molecule has 1 aromatic heterocycles. The van der Waals surface area contributed by atoms with Gasteiger partial charge in [-0.1, -0.05) is 152 Å². The average Bonchev–Trinajstić information content (AvgIpc) is 3.62. The SMILES string of the molecule is c1ccc(-c2cccc(-c3ccc(N(c4ccc(-c5cccc6ccccc56)cc4)c4cccc5oc6c7ccccc7ccc6c45)cc3)c2)cc1. The molecule has 10 rings (SSSR count). The van der Waals surface area contributed by atoms with Crippen LogP contribution in [0.1, 0.15) is 0 Å². The summed E-state index contributed by atoms with van der Waals surface area (Å²) in [6.07, 6.45) is 0. The van der Waals surface area contributed by atoms with Crippen LogP contribution < -0.4 is 4.90 Å². The van der Waals surface area contributed by atoms with Crippen LogP contribution in [-0.4, -0.2) is 0 Å². The molecule has 1 heterocycles. The van der Waals surface area contributed by atoms with Crippen LogP contribution in [0.2, 0.25) is 0 Å². The zero-order chi connectivity index (χ0) is 34.4. The van der Waals surface area contributed by atoms with Gasteiger partial charge < -0.3 is 9.32 Å². The molecule has 2 nitrogen and oxygen atoms in total. The van der Waals surface area contributed by atoms with Crippen LogP contribution in [0.15, 0.2) is 205 Å². The first kappa shape index (κ1) is 30.0. The summed E-state index contributed by atoms with van der Waals surface area (Å²) < 4.78 is 6.64. The molecule has 0 bridgehead atoms. The van der Waals surface area contributed by atoms with Crippen molar-refractivity contribution in [3.8, 4) is 33.4 Å². The van der Waals surface area contributed by atoms with Crippen LogP contribution in [-0.2, 0) is 0 Å². The van der Waals surface area contributed by atoms with E-state index < -0.39 is 0 Å². The summed E-state index contributed by atoms with van der Waals surface area (Å²) in [5.41, 5.74) is 12.2. The van der Waals surface area contributed by atoms with Gasteiger partial charge in [0.2, 0.25) is 0 Å². The van der Waals surface area contributed by atoms with Crippen LogP contribution >= 0.6 is 0 Å². The van der Waals surface area contributed by atoms with Crippen LogP contribution in [0, 0.1) is 0 Å². The van der Waals surface area contributed by atoms with Crippen molar-refractivity contribution in [1.82, 2.24) is 0 Å². The summed E-state index contributed by atoms with van der Waals surface area (Å²) in [4.78, 5) is 2.36. The maximum Gasteiger partial charge on any atom is 0.143 e. The zero-order valence-corrected chi connectivity index (χ0v) is 28.4. The Kier molecular flexibility index (Phi) is 7.18.